The van der Waals surface area contributed by atoms with Gasteiger partial charge < -0.3 is 15.1 Å². The summed E-state index contributed by atoms with van der Waals surface area (Å²) in [6.07, 6.45) is 2.78. The second-order valence-electron chi connectivity index (χ2n) is 10.6. The Balaban J connectivity index is 1.18. The summed E-state index contributed by atoms with van der Waals surface area (Å²) in [6.45, 7) is 5.41. The van der Waals surface area contributed by atoms with Gasteiger partial charge in [0.15, 0.2) is 0 Å². The summed E-state index contributed by atoms with van der Waals surface area (Å²) in [5.74, 6) is 0.448. The molecule has 42 heavy (non-hydrogen) atoms. The second kappa shape index (κ2) is 13.2. The van der Waals surface area contributed by atoms with Crippen LogP contribution in [0.5, 0.6) is 0 Å². The molecule has 0 bridgehead atoms. The summed E-state index contributed by atoms with van der Waals surface area (Å²) in [5.41, 5.74) is 2.84. The lowest BCUT2D eigenvalue weighted by Gasteiger charge is -2.35. The van der Waals surface area contributed by atoms with Crippen molar-refractivity contribution in [2.45, 2.75) is 16.2 Å². The summed E-state index contributed by atoms with van der Waals surface area (Å²) in [5, 5.41) is 3.20. The molecule has 3 aromatic carbocycles. The highest BCUT2D eigenvalue weighted by molar-refractivity contribution is 7.91. The maximum Gasteiger partial charge on any atom is 0.253 e. The fourth-order valence-corrected chi connectivity index (χ4v) is 6.20. The van der Waals surface area contributed by atoms with E-state index < -0.39 is 9.84 Å². The maximum absolute atomic E-state index is 13.1. The van der Waals surface area contributed by atoms with Crippen molar-refractivity contribution < 1.29 is 13.2 Å². The van der Waals surface area contributed by atoms with E-state index in [4.69, 9.17) is 0 Å². The van der Waals surface area contributed by atoms with Crippen molar-refractivity contribution in [3.05, 3.63) is 96.7 Å². The lowest BCUT2D eigenvalue weighted by atomic mass is 10.1. The molecule has 9 nitrogen and oxygen atoms in total. The van der Waals surface area contributed by atoms with Gasteiger partial charge in [0.2, 0.25) is 15.8 Å². The third-order valence-electron chi connectivity index (χ3n) is 7.30. The highest BCUT2D eigenvalue weighted by atomic mass is 32.2. The number of anilines is 2. The number of nitrogens with zero attached hydrogens (tertiary/aromatic N) is 5. The minimum atomic E-state index is -3.59. The summed E-state index contributed by atoms with van der Waals surface area (Å²) < 4.78 is 25.8. The molecule has 1 saturated heterocycles. The van der Waals surface area contributed by atoms with Crippen molar-refractivity contribution in [1.82, 2.24) is 24.7 Å². The number of carbonyl (C=O) groups excluding carboxylic acids is 1. The van der Waals surface area contributed by atoms with Crippen molar-refractivity contribution in [1.29, 1.82) is 0 Å². The van der Waals surface area contributed by atoms with Crippen LogP contribution in [0.2, 0.25) is 0 Å². The summed E-state index contributed by atoms with van der Waals surface area (Å²) >= 11 is 0. The van der Waals surface area contributed by atoms with Gasteiger partial charge in [-0.05, 0) is 88.2 Å². The van der Waals surface area contributed by atoms with Crippen LogP contribution in [-0.4, -0.2) is 92.4 Å². The van der Waals surface area contributed by atoms with Gasteiger partial charge in [-0.25, -0.2) is 18.4 Å². The third kappa shape index (κ3) is 7.20. The van der Waals surface area contributed by atoms with Crippen LogP contribution in [0.4, 0.5) is 11.6 Å². The molecule has 0 unspecified atom stereocenters. The fraction of sp³-hybridized carbons (Fsp3) is 0.281. The molecule has 1 aliphatic rings. The number of amides is 1. The van der Waals surface area contributed by atoms with E-state index in [1.807, 2.05) is 29.2 Å². The normalized spacial score (nSPS) is 14.2. The molecular weight excluding hydrogens is 548 g/mol. The average Bonchev–Trinajstić information content (AvgIpc) is 3.02. The van der Waals surface area contributed by atoms with E-state index in [0.717, 1.165) is 56.9 Å². The number of aromatic nitrogens is 2. The Morgan fingerprint density at radius 3 is 2.19 bits per heavy atom. The molecule has 1 fully saturated rings. The van der Waals surface area contributed by atoms with E-state index in [0.29, 0.717) is 17.2 Å². The standard InChI is InChI=1S/C32H36N6O3S/c1-36(2)19-6-20-37-21-23-38(24-22-37)31(39)26-9-13-27(14-10-26)34-32-33-18-17-30(35-32)25-11-15-29(16-12-25)42(40,41)28-7-4-3-5-8-28/h3-5,7-18H,6,19-24H2,1-2H3,(H,33,34,35). The lowest BCUT2D eigenvalue weighted by Crippen LogP contribution is -2.49. The number of hydrogen-bond donors (Lipinski definition) is 1. The number of carbonyl (C=O) groups is 1. The maximum atomic E-state index is 13.1. The van der Waals surface area contributed by atoms with Crippen LogP contribution in [0.1, 0.15) is 16.8 Å². The van der Waals surface area contributed by atoms with E-state index >= 15 is 0 Å². The Bertz CT molecular complexity index is 1590. The van der Waals surface area contributed by atoms with E-state index in [-0.39, 0.29) is 15.7 Å². The van der Waals surface area contributed by atoms with Gasteiger partial charge in [0.25, 0.3) is 5.91 Å². The monoisotopic (exact) mass is 584 g/mol. The Hall–Kier alpha value is -4.12. The predicted molar refractivity (Wildman–Crippen MR) is 165 cm³/mol. The molecule has 218 valence electrons. The van der Waals surface area contributed by atoms with Gasteiger partial charge in [-0.3, -0.25) is 9.69 Å². The molecule has 0 atom stereocenters. The molecule has 0 saturated carbocycles. The van der Waals surface area contributed by atoms with Gasteiger partial charge in [0, 0.05) is 49.2 Å². The summed E-state index contributed by atoms with van der Waals surface area (Å²) in [6, 6.07) is 24.2. The molecule has 4 aromatic rings. The van der Waals surface area contributed by atoms with Gasteiger partial charge >= 0.3 is 0 Å². The van der Waals surface area contributed by atoms with Gasteiger partial charge in [0.1, 0.15) is 0 Å². The number of sulfone groups is 1. The minimum absolute atomic E-state index is 0.0467. The SMILES string of the molecule is CN(C)CCCN1CCN(C(=O)c2ccc(Nc3nccc(-c4ccc(S(=O)(=O)c5ccccc5)cc4)n3)cc2)CC1. The number of benzene rings is 3. The first-order valence-corrected chi connectivity index (χ1v) is 15.5. The number of nitrogens with one attached hydrogen (secondary N) is 1. The Morgan fingerprint density at radius 1 is 0.857 bits per heavy atom. The molecule has 1 amide bonds. The van der Waals surface area contributed by atoms with Crippen LogP contribution >= 0.6 is 0 Å². The zero-order chi connectivity index (χ0) is 29.5. The number of rotatable bonds is 10. The third-order valence-corrected chi connectivity index (χ3v) is 9.08. The van der Waals surface area contributed by atoms with E-state index in [2.05, 4.69) is 39.2 Å². The zero-order valence-electron chi connectivity index (χ0n) is 24.0. The largest absolute Gasteiger partial charge is 0.336 e. The first-order chi connectivity index (χ1) is 20.3. The molecule has 0 spiro atoms. The highest BCUT2D eigenvalue weighted by Gasteiger charge is 2.22. The van der Waals surface area contributed by atoms with Crippen LogP contribution in [0, 0.1) is 0 Å². The predicted octanol–water partition coefficient (Wildman–Crippen LogP) is 4.43. The highest BCUT2D eigenvalue weighted by Crippen LogP contribution is 2.25. The first-order valence-electron chi connectivity index (χ1n) is 14.1. The second-order valence-corrected chi connectivity index (χ2v) is 12.5. The molecular formula is C32H36N6O3S. The molecule has 1 N–H and O–H groups in total. The quantitative estimate of drug-likeness (QED) is 0.292. The average molecular weight is 585 g/mol. The molecule has 0 aliphatic carbocycles. The Labute approximate surface area is 247 Å². The molecule has 5 rings (SSSR count). The first kappa shape index (κ1) is 29.4. The molecule has 0 radical (unpaired) electrons. The molecule has 10 heteroatoms. The van der Waals surface area contributed by atoms with Gasteiger partial charge in [-0.2, -0.15) is 0 Å². The van der Waals surface area contributed by atoms with Crippen molar-refractivity contribution in [3.8, 4) is 11.3 Å². The Morgan fingerprint density at radius 2 is 1.52 bits per heavy atom. The smallest absolute Gasteiger partial charge is 0.253 e. The zero-order valence-corrected chi connectivity index (χ0v) is 24.8. The van der Waals surface area contributed by atoms with E-state index in [1.54, 1.807) is 66.9 Å². The van der Waals surface area contributed by atoms with Crippen LogP contribution < -0.4 is 5.32 Å². The number of hydrogen-bond acceptors (Lipinski definition) is 8. The van der Waals surface area contributed by atoms with Crippen LogP contribution in [0.3, 0.4) is 0 Å². The van der Waals surface area contributed by atoms with Crippen molar-refractivity contribution in [3.63, 3.8) is 0 Å². The Kier molecular flexibility index (Phi) is 9.26. The van der Waals surface area contributed by atoms with Crippen LogP contribution in [0.25, 0.3) is 11.3 Å². The minimum Gasteiger partial charge on any atom is -0.336 e. The van der Waals surface area contributed by atoms with Crippen molar-refractivity contribution in [2.75, 3.05) is 58.7 Å². The van der Waals surface area contributed by atoms with E-state index in [9.17, 15) is 13.2 Å². The summed E-state index contributed by atoms with van der Waals surface area (Å²) in [4.78, 5) is 29.0. The fourth-order valence-electron chi connectivity index (χ4n) is 4.91. The van der Waals surface area contributed by atoms with Crippen LogP contribution in [0.15, 0.2) is 101 Å². The van der Waals surface area contributed by atoms with Gasteiger partial charge in [-0.15, -0.1) is 0 Å². The van der Waals surface area contributed by atoms with Gasteiger partial charge in [0.05, 0.1) is 15.5 Å². The molecule has 2 heterocycles. The van der Waals surface area contributed by atoms with E-state index in [1.165, 1.54) is 0 Å². The van der Waals surface area contributed by atoms with Gasteiger partial charge in [-0.1, -0.05) is 30.3 Å². The van der Waals surface area contributed by atoms with Crippen molar-refractivity contribution >= 4 is 27.4 Å². The number of piperazine rings is 1. The molecule has 1 aliphatic heterocycles. The van der Waals surface area contributed by atoms with Crippen LogP contribution in [-0.2, 0) is 9.84 Å². The lowest BCUT2D eigenvalue weighted by molar-refractivity contribution is 0.0634. The molecule has 1 aromatic heterocycles. The topological polar surface area (TPSA) is 98.7 Å². The summed E-state index contributed by atoms with van der Waals surface area (Å²) in [7, 11) is 0.590. The van der Waals surface area contributed by atoms with Crippen molar-refractivity contribution in [2.24, 2.45) is 0 Å².